The first-order chi connectivity index (χ1) is 15.6. The maximum absolute atomic E-state index is 12.9. The number of aliphatic hydroxyl groups is 1. The fourth-order valence-corrected chi connectivity index (χ4v) is 4.58. The molecular formula is C25H28N4O3. The second-order valence-corrected chi connectivity index (χ2v) is 8.77. The summed E-state index contributed by atoms with van der Waals surface area (Å²) < 4.78 is 7.78. The number of nitrogens with one attached hydrogen (secondary N) is 1. The Morgan fingerprint density at radius 1 is 1.25 bits per heavy atom. The SMILES string of the molecule is Cn1cnc(-c2ccc(Cc3cc(C(=O)N[C@H]4CCCC[C@@H]4O)nc4c3OCC4)cc2)c1. The number of aromatic nitrogens is 3. The Morgan fingerprint density at radius 3 is 2.81 bits per heavy atom. The monoisotopic (exact) mass is 432 g/mol. The molecule has 2 atom stereocenters. The van der Waals surface area contributed by atoms with Crippen LogP contribution in [-0.2, 0) is 19.9 Å². The molecule has 3 aromatic rings. The number of amides is 1. The van der Waals surface area contributed by atoms with Crippen molar-refractivity contribution in [3.8, 4) is 17.0 Å². The molecule has 3 heterocycles. The molecule has 0 spiro atoms. The lowest BCUT2D eigenvalue weighted by atomic mass is 9.92. The Kier molecular flexibility index (Phi) is 5.66. The van der Waals surface area contributed by atoms with Gasteiger partial charge in [-0.05, 0) is 24.5 Å². The van der Waals surface area contributed by atoms with Gasteiger partial charge in [0.15, 0.2) is 0 Å². The summed E-state index contributed by atoms with van der Waals surface area (Å²) in [5.41, 5.74) is 5.33. The number of carbonyl (C=O) groups is 1. The quantitative estimate of drug-likeness (QED) is 0.647. The number of nitrogens with zero attached hydrogens (tertiary/aromatic N) is 3. The molecule has 0 saturated heterocycles. The van der Waals surface area contributed by atoms with Crippen molar-refractivity contribution in [3.05, 3.63) is 65.4 Å². The average molecular weight is 433 g/mol. The predicted octanol–water partition coefficient (Wildman–Crippen LogP) is 3.04. The molecule has 7 heteroatoms. The van der Waals surface area contributed by atoms with Gasteiger partial charge < -0.3 is 19.7 Å². The van der Waals surface area contributed by atoms with Gasteiger partial charge in [-0.3, -0.25) is 4.79 Å². The Labute approximate surface area is 187 Å². The molecular weight excluding hydrogens is 404 g/mol. The maximum Gasteiger partial charge on any atom is 0.270 e. The molecule has 1 aliphatic heterocycles. The van der Waals surface area contributed by atoms with E-state index in [9.17, 15) is 9.90 Å². The molecule has 0 unspecified atom stereocenters. The standard InChI is InChI=1S/C25H28N4O3/c1-29-14-22(26-15-29)17-8-6-16(7-9-17)12-18-13-21(27-20-10-11-32-24(18)20)25(31)28-19-4-2-3-5-23(19)30/h6-9,13-15,19,23,30H,2-5,10-12H2,1H3,(H,28,31)/t19-,23-/m0/s1. The molecule has 5 rings (SSSR count). The lowest BCUT2D eigenvalue weighted by molar-refractivity contribution is 0.0713. The van der Waals surface area contributed by atoms with Crippen LogP contribution in [0.25, 0.3) is 11.3 Å². The number of pyridine rings is 1. The number of rotatable bonds is 5. The number of hydrogen-bond acceptors (Lipinski definition) is 5. The van der Waals surface area contributed by atoms with Crippen molar-refractivity contribution < 1.29 is 14.6 Å². The summed E-state index contributed by atoms with van der Waals surface area (Å²) in [6.07, 6.45) is 8.22. The molecule has 1 aliphatic carbocycles. The maximum atomic E-state index is 12.9. The van der Waals surface area contributed by atoms with Gasteiger partial charge in [-0.25, -0.2) is 9.97 Å². The van der Waals surface area contributed by atoms with Gasteiger partial charge in [0.1, 0.15) is 11.4 Å². The number of aliphatic hydroxyl groups excluding tert-OH is 1. The van der Waals surface area contributed by atoms with Gasteiger partial charge in [0.25, 0.3) is 5.91 Å². The second kappa shape index (κ2) is 8.74. The molecule has 0 radical (unpaired) electrons. The van der Waals surface area contributed by atoms with E-state index in [1.54, 1.807) is 6.33 Å². The first kappa shape index (κ1) is 20.7. The van der Waals surface area contributed by atoms with Gasteiger partial charge in [-0.1, -0.05) is 37.1 Å². The van der Waals surface area contributed by atoms with E-state index >= 15 is 0 Å². The molecule has 7 nitrogen and oxygen atoms in total. The first-order valence-electron chi connectivity index (χ1n) is 11.3. The number of aryl methyl sites for hydroxylation is 1. The van der Waals surface area contributed by atoms with E-state index < -0.39 is 6.10 Å². The van der Waals surface area contributed by atoms with E-state index in [0.29, 0.717) is 25.1 Å². The van der Waals surface area contributed by atoms with Crippen LogP contribution in [0.2, 0.25) is 0 Å². The molecule has 2 aromatic heterocycles. The lowest BCUT2D eigenvalue weighted by Gasteiger charge is -2.28. The van der Waals surface area contributed by atoms with Crippen molar-refractivity contribution in [1.29, 1.82) is 0 Å². The predicted molar refractivity (Wildman–Crippen MR) is 121 cm³/mol. The van der Waals surface area contributed by atoms with Gasteiger partial charge in [0.2, 0.25) is 0 Å². The van der Waals surface area contributed by atoms with Gasteiger partial charge in [-0.15, -0.1) is 0 Å². The topological polar surface area (TPSA) is 89.3 Å². The van der Waals surface area contributed by atoms with Crippen LogP contribution in [0.5, 0.6) is 5.75 Å². The minimum atomic E-state index is -0.484. The highest BCUT2D eigenvalue weighted by Gasteiger charge is 2.27. The van der Waals surface area contributed by atoms with Crippen molar-refractivity contribution in [2.24, 2.45) is 7.05 Å². The molecule has 1 saturated carbocycles. The number of ether oxygens (including phenoxy) is 1. The lowest BCUT2D eigenvalue weighted by Crippen LogP contribution is -2.45. The molecule has 1 amide bonds. The van der Waals surface area contributed by atoms with Crippen molar-refractivity contribution >= 4 is 5.91 Å². The normalized spacial score (nSPS) is 19.9. The highest BCUT2D eigenvalue weighted by Crippen LogP contribution is 2.31. The van der Waals surface area contributed by atoms with Crippen molar-refractivity contribution in [3.63, 3.8) is 0 Å². The Bertz CT molecular complexity index is 1120. The second-order valence-electron chi connectivity index (χ2n) is 8.77. The van der Waals surface area contributed by atoms with Crippen molar-refractivity contribution in [2.75, 3.05) is 6.61 Å². The van der Waals surface area contributed by atoms with Crippen LogP contribution in [0.4, 0.5) is 0 Å². The summed E-state index contributed by atoms with van der Waals surface area (Å²) in [6.45, 7) is 0.584. The van der Waals surface area contributed by atoms with Gasteiger partial charge in [-0.2, -0.15) is 0 Å². The Balaban J connectivity index is 1.36. The van der Waals surface area contributed by atoms with Gasteiger partial charge >= 0.3 is 0 Å². The number of carbonyl (C=O) groups excluding carboxylic acids is 1. The zero-order valence-corrected chi connectivity index (χ0v) is 18.3. The zero-order valence-electron chi connectivity index (χ0n) is 18.3. The van der Waals surface area contributed by atoms with Crippen LogP contribution in [0.3, 0.4) is 0 Å². The fraction of sp³-hybridized carbons (Fsp3) is 0.400. The molecule has 1 aromatic carbocycles. The number of imidazole rings is 1. The van der Waals surface area contributed by atoms with E-state index in [1.165, 1.54) is 0 Å². The van der Waals surface area contributed by atoms with Crippen molar-refractivity contribution in [2.45, 2.75) is 50.7 Å². The fourth-order valence-electron chi connectivity index (χ4n) is 4.58. The molecule has 2 N–H and O–H groups in total. The summed E-state index contributed by atoms with van der Waals surface area (Å²) in [4.78, 5) is 21.9. The summed E-state index contributed by atoms with van der Waals surface area (Å²) in [7, 11) is 1.96. The number of fused-ring (bicyclic) bond motifs is 1. The summed E-state index contributed by atoms with van der Waals surface area (Å²) >= 11 is 0. The van der Waals surface area contributed by atoms with Crippen LogP contribution < -0.4 is 10.1 Å². The Hall–Kier alpha value is -3.19. The van der Waals surface area contributed by atoms with Crippen molar-refractivity contribution in [1.82, 2.24) is 19.9 Å². The molecule has 166 valence electrons. The van der Waals surface area contributed by atoms with Gasteiger partial charge in [0.05, 0.1) is 36.5 Å². The van der Waals surface area contributed by atoms with Crippen LogP contribution in [0, 0.1) is 0 Å². The third kappa shape index (κ3) is 4.25. The van der Waals surface area contributed by atoms with Crippen LogP contribution in [0.1, 0.15) is 53.0 Å². The van der Waals surface area contributed by atoms with Crippen LogP contribution in [0.15, 0.2) is 42.9 Å². The van der Waals surface area contributed by atoms with Gasteiger partial charge in [0, 0.05) is 37.2 Å². The first-order valence-corrected chi connectivity index (χ1v) is 11.3. The number of benzene rings is 1. The summed E-state index contributed by atoms with van der Waals surface area (Å²) in [5.74, 6) is 0.574. The van der Waals surface area contributed by atoms with E-state index in [-0.39, 0.29) is 11.9 Å². The third-order valence-electron chi connectivity index (χ3n) is 6.33. The summed E-state index contributed by atoms with van der Waals surface area (Å²) in [5, 5.41) is 13.2. The zero-order chi connectivity index (χ0) is 22.1. The minimum Gasteiger partial charge on any atom is -0.491 e. The molecule has 1 fully saturated rings. The minimum absolute atomic E-state index is 0.204. The highest BCUT2D eigenvalue weighted by molar-refractivity contribution is 5.93. The van der Waals surface area contributed by atoms with Crippen LogP contribution in [-0.4, -0.2) is 44.3 Å². The van der Waals surface area contributed by atoms with E-state index in [2.05, 4.69) is 39.6 Å². The largest absolute Gasteiger partial charge is 0.491 e. The summed E-state index contributed by atoms with van der Waals surface area (Å²) in [6, 6.07) is 9.94. The van der Waals surface area contributed by atoms with E-state index in [0.717, 1.165) is 59.5 Å². The van der Waals surface area contributed by atoms with E-state index in [4.69, 9.17) is 4.74 Å². The molecule has 32 heavy (non-hydrogen) atoms. The molecule has 0 bridgehead atoms. The Morgan fingerprint density at radius 2 is 2.06 bits per heavy atom. The molecule has 2 aliphatic rings. The number of hydrogen-bond donors (Lipinski definition) is 2. The van der Waals surface area contributed by atoms with Crippen LogP contribution >= 0.6 is 0 Å². The van der Waals surface area contributed by atoms with E-state index in [1.807, 2.05) is 23.9 Å². The highest BCUT2D eigenvalue weighted by atomic mass is 16.5. The average Bonchev–Trinajstić information content (AvgIpc) is 3.45. The third-order valence-corrected chi connectivity index (χ3v) is 6.33. The smallest absolute Gasteiger partial charge is 0.270 e.